The summed E-state index contributed by atoms with van der Waals surface area (Å²) in [5, 5.41) is 11.4. The minimum Gasteiger partial charge on any atom is -0.375 e. The van der Waals surface area contributed by atoms with Crippen molar-refractivity contribution in [2.45, 2.75) is 18.6 Å². The molecule has 0 spiro atoms. The first-order valence-electron chi connectivity index (χ1n) is 9.62. The first-order valence-corrected chi connectivity index (χ1v) is 10.4. The van der Waals surface area contributed by atoms with Crippen molar-refractivity contribution in [2.75, 3.05) is 4.90 Å². The molecule has 0 saturated carbocycles. The van der Waals surface area contributed by atoms with Crippen molar-refractivity contribution in [3.05, 3.63) is 106 Å². The number of carbonyl (C=O) groups is 2. The van der Waals surface area contributed by atoms with Crippen molar-refractivity contribution in [2.24, 2.45) is 0 Å². The maximum atomic E-state index is 13.3. The van der Waals surface area contributed by atoms with Gasteiger partial charge in [-0.05, 0) is 35.4 Å². The van der Waals surface area contributed by atoms with Gasteiger partial charge in [-0.15, -0.1) is 0 Å². The maximum absolute atomic E-state index is 13.3. The smallest absolute Gasteiger partial charge is 0.264 e. The summed E-state index contributed by atoms with van der Waals surface area (Å²) in [6, 6.07) is 24.3. The van der Waals surface area contributed by atoms with E-state index in [2.05, 4.69) is 15.9 Å². The van der Waals surface area contributed by atoms with Gasteiger partial charge in [-0.25, -0.2) is 0 Å². The highest BCUT2D eigenvalue weighted by atomic mass is 79.9. The number of carbonyl (C=O) groups excluding carboxylic acids is 2. The molecule has 3 aromatic carbocycles. The molecule has 4 nitrogen and oxygen atoms in total. The van der Waals surface area contributed by atoms with Gasteiger partial charge in [0, 0.05) is 10.0 Å². The number of anilines is 1. The van der Waals surface area contributed by atoms with Gasteiger partial charge in [0.2, 0.25) is 0 Å². The van der Waals surface area contributed by atoms with Gasteiger partial charge in [-0.1, -0.05) is 82.7 Å². The third-order valence-corrected chi connectivity index (χ3v) is 5.66. The Labute approximate surface area is 183 Å². The lowest BCUT2D eigenvalue weighted by atomic mass is 9.89. The zero-order valence-electron chi connectivity index (χ0n) is 16.2. The molecule has 150 valence electrons. The van der Waals surface area contributed by atoms with E-state index in [4.69, 9.17) is 0 Å². The molecular formula is C25H20BrNO3. The molecule has 1 amide bonds. The highest BCUT2D eigenvalue weighted by Gasteiger charge is 2.50. The Morgan fingerprint density at radius 3 is 2.37 bits per heavy atom. The molecule has 30 heavy (non-hydrogen) atoms. The van der Waals surface area contributed by atoms with Gasteiger partial charge in [0.15, 0.2) is 11.4 Å². The van der Waals surface area contributed by atoms with Crippen LogP contribution in [0.1, 0.15) is 23.1 Å². The standard InChI is InChI=1S/C25H20BrNO3/c26-20-12-14-23-22(15-20)25(30,16-21(28)13-11-18-7-3-1-4-8-18)24(29)27(23)17-19-9-5-2-6-10-19/h1-15,30H,16-17H2/b13-11+. The molecule has 5 heteroatoms. The van der Waals surface area contributed by atoms with Crippen molar-refractivity contribution in [3.63, 3.8) is 0 Å². The van der Waals surface area contributed by atoms with E-state index in [9.17, 15) is 14.7 Å². The molecule has 1 N–H and O–H groups in total. The van der Waals surface area contributed by atoms with Crippen molar-refractivity contribution in [3.8, 4) is 0 Å². The summed E-state index contributed by atoms with van der Waals surface area (Å²) >= 11 is 3.41. The van der Waals surface area contributed by atoms with Crippen LogP contribution in [-0.2, 0) is 21.7 Å². The van der Waals surface area contributed by atoms with Crippen molar-refractivity contribution in [1.29, 1.82) is 0 Å². The quantitative estimate of drug-likeness (QED) is 0.533. The number of fused-ring (bicyclic) bond motifs is 1. The summed E-state index contributed by atoms with van der Waals surface area (Å²) in [6.07, 6.45) is 2.79. The zero-order valence-corrected chi connectivity index (χ0v) is 17.7. The first-order chi connectivity index (χ1) is 14.5. The zero-order chi connectivity index (χ0) is 21.1. The van der Waals surface area contributed by atoms with Crippen LogP contribution >= 0.6 is 15.9 Å². The van der Waals surface area contributed by atoms with E-state index in [1.807, 2.05) is 66.7 Å². The van der Waals surface area contributed by atoms with Crippen LogP contribution < -0.4 is 4.90 Å². The van der Waals surface area contributed by atoms with E-state index in [1.165, 1.54) is 6.08 Å². The molecular weight excluding hydrogens is 442 g/mol. The summed E-state index contributed by atoms with van der Waals surface area (Å²) in [5.41, 5.74) is 0.990. The predicted octanol–water partition coefficient (Wildman–Crippen LogP) is 4.86. The molecule has 0 aromatic heterocycles. The van der Waals surface area contributed by atoms with Crippen LogP contribution in [0, 0.1) is 0 Å². The van der Waals surface area contributed by atoms with Crippen LogP contribution in [0.5, 0.6) is 0 Å². The van der Waals surface area contributed by atoms with Crippen LogP contribution in [0.25, 0.3) is 6.08 Å². The minimum absolute atomic E-state index is 0.316. The largest absolute Gasteiger partial charge is 0.375 e. The lowest BCUT2D eigenvalue weighted by Crippen LogP contribution is -2.41. The number of ketones is 1. The SMILES string of the molecule is O=C(/C=C/c1ccccc1)CC1(O)C(=O)N(Cc2ccccc2)c2ccc(Br)cc21. The summed E-state index contributed by atoms with van der Waals surface area (Å²) in [6.45, 7) is 0.324. The molecule has 1 heterocycles. The molecule has 0 saturated heterocycles. The Morgan fingerprint density at radius 2 is 1.67 bits per heavy atom. The number of rotatable bonds is 6. The normalized spacial score (nSPS) is 18.1. The molecule has 0 fully saturated rings. The van der Waals surface area contributed by atoms with E-state index in [0.717, 1.165) is 15.6 Å². The van der Waals surface area contributed by atoms with E-state index in [1.54, 1.807) is 23.1 Å². The van der Waals surface area contributed by atoms with Crippen molar-refractivity contribution in [1.82, 2.24) is 0 Å². The lowest BCUT2D eigenvalue weighted by molar-refractivity contribution is -0.140. The van der Waals surface area contributed by atoms with E-state index in [-0.39, 0.29) is 12.2 Å². The van der Waals surface area contributed by atoms with Gasteiger partial charge < -0.3 is 10.0 Å². The summed E-state index contributed by atoms with van der Waals surface area (Å²) in [5.74, 6) is -0.803. The number of nitrogens with zero attached hydrogens (tertiary/aromatic N) is 1. The fourth-order valence-electron chi connectivity index (χ4n) is 3.68. The third kappa shape index (κ3) is 3.99. The second kappa shape index (κ2) is 8.38. The number of hydrogen-bond acceptors (Lipinski definition) is 3. The number of halogens is 1. The number of hydrogen-bond donors (Lipinski definition) is 1. The number of amides is 1. The maximum Gasteiger partial charge on any atom is 0.264 e. The van der Waals surface area contributed by atoms with Crippen LogP contribution in [0.4, 0.5) is 5.69 Å². The second-order valence-electron chi connectivity index (χ2n) is 7.29. The van der Waals surface area contributed by atoms with Gasteiger partial charge >= 0.3 is 0 Å². The molecule has 4 rings (SSSR count). The number of allylic oxidation sites excluding steroid dienone is 1. The molecule has 1 unspecified atom stereocenters. The Hall–Kier alpha value is -3.02. The van der Waals surface area contributed by atoms with Crippen molar-refractivity contribution < 1.29 is 14.7 Å². The van der Waals surface area contributed by atoms with Crippen LogP contribution in [0.3, 0.4) is 0 Å². The molecule has 1 atom stereocenters. The van der Waals surface area contributed by atoms with Crippen LogP contribution in [0.15, 0.2) is 89.4 Å². The third-order valence-electron chi connectivity index (χ3n) is 5.17. The summed E-state index contributed by atoms with van der Waals surface area (Å²) in [7, 11) is 0. The van der Waals surface area contributed by atoms with Gasteiger partial charge in [0.1, 0.15) is 0 Å². The lowest BCUT2D eigenvalue weighted by Gasteiger charge is -2.22. The Balaban J connectivity index is 1.63. The summed E-state index contributed by atoms with van der Waals surface area (Å²) in [4.78, 5) is 27.5. The average Bonchev–Trinajstić information content (AvgIpc) is 2.95. The second-order valence-corrected chi connectivity index (χ2v) is 8.20. The minimum atomic E-state index is -1.90. The number of aliphatic hydroxyl groups is 1. The molecule has 0 radical (unpaired) electrons. The predicted molar refractivity (Wildman–Crippen MR) is 121 cm³/mol. The molecule has 0 bridgehead atoms. The van der Waals surface area contributed by atoms with Gasteiger partial charge in [-0.3, -0.25) is 9.59 Å². The van der Waals surface area contributed by atoms with Crippen LogP contribution in [-0.4, -0.2) is 16.8 Å². The van der Waals surface area contributed by atoms with Crippen LogP contribution in [0.2, 0.25) is 0 Å². The molecule has 3 aromatic rings. The van der Waals surface area contributed by atoms with E-state index in [0.29, 0.717) is 17.8 Å². The van der Waals surface area contributed by atoms with E-state index >= 15 is 0 Å². The van der Waals surface area contributed by atoms with E-state index < -0.39 is 11.5 Å². The Bertz CT molecular complexity index is 1110. The number of benzene rings is 3. The van der Waals surface area contributed by atoms with Gasteiger partial charge in [-0.2, -0.15) is 0 Å². The highest BCUT2D eigenvalue weighted by molar-refractivity contribution is 9.10. The monoisotopic (exact) mass is 461 g/mol. The van der Waals surface area contributed by atoms with Gasteiger partial charge in [0.05, 0.1) is 18.7 Å². The van der Waals surface area contributed by atoms with Crippen molar-refractivity contribution >= 4 is 39.4 Å². The molecule has 0 aliphatic carbocycles. The Morgan fingerprint density at radius 1 is 1.00 bits per heavy atom. The molecule has 1 aliphatic rings. The highest BCUT2D eigenvalue weighted by Crippen LogP contribution is 2.44. The Kier molecular flexibility index (Phi) is 5.66. The topological polar surface area (TPSA) is 57.6 Å². The fraction of sp³-hybridized carbons (Fsp3) is 0.120. The molecule has 1 aliphatic heterocycles. The average molecular weight is 462 g/mol. The fourth-order valence-corrected chi connectivity index (χ4v) is 4.04. The summed E-state index contributed by atoms with van der Waals surface area (Å²) < 4.78 is 0.737. The first kappa shape index (κ1) is 20.3. The van der Waals surface area contributed by atoms with Gasteiger partial charge in [0.25, 0.3) is 5.91 Å².